The van der Waals surface area contributed by atoms with Crippen molar-refractivity contribution in [3.05, 3.63) is 52.7 Å². The molecule has 0 spiro atoms. The molecule has 0 aliphatic rings. The molecule has 164 valence electrons. The number of hydrogen-bond donors (Lipinski definition) is 2. The van der Waals surface area contributed by atoms with E-state index in [9.17, 15) is 10.1 Å². The maximum atomic E-state index is 13.0. The van der Waals surface area contributed by atoms with Crippen molar-refractivity contribution in [2.75, 3.05) is 24.2 Å². The molecule has 0 radical (unpaired) electrons. The summed E-state index contributed by atoms with van der Waals surface area (Å²) in [5, 5.41) is 16.8. The molecule has 4 heterocycles. The fourth-order valence-corrected chi connectivity index (χ4v) is 4.02. The molecule has 0 saturated carbocycles. The fraction of sp³-hybridized carbons (Fsp3) is 0.286. The molecule has 4 aromatic heterocycles. The second kappa shape index (κ2) is 8.72. The number of carbonyl (C=O) groups excluding carboxylic acids is 1. The molecule has 4 rings (SSSR count). The number of nitrogens with two attached hydrogens (primary N) is 1. The Morgan fingerprint density at radius 1 is 1.41 bits per heavy atom. The third-order valence-corrected chi connectivity index (χ3v) is 5.50. The monoisotopic (exact) mass is 451 g/mol. The van der Waals surface area contributed by atoms with E-state index < -0.39 is 5.91 Å². The number of rotatable bonds is 7. The minimum absolute atomic E-state index is 0.100. The maximum absolute atomic E-state index is 13.0. The number of nitrogens with one attached hydrogen (secondary N) is 1. The molecule has 0 aromatic carbocycles. The molecule has 0 saturated heterocycles. The van der Waals surface area contributed by atoms with Crippen LogP contribution in [0.4, 0.5) is 11.6 Å². The van der Waals surface area contributed by atoms with Gasteiger partial charge in [-0.1, -0.05) is 24.9 Å². The number of anilines is 2. The van der Waals surface area contributed by atoms with Gasteiger partial charge in [-0.25, -0.2) is 14.5 Å². The highest BCUT2D eigenvalue weighted by atomic mass is 35.5. The molecule has 0 fully saturated rings. The van der Waals surface area contributed by atoms with Crippen molar-refractivity contribution < 1.29 is 4.79 Å². The van der Waals surface area contributed by atoms with Gasteiger partial charge in [0.1, 0.15) is 29.3 Å². The van der Waals surface area contributed by atoms with Crippen LogP contribution < -0.4 is 16.0 Å². The number of nitrogens with zero attached hydrogens (tertiary/aromatic N) is 7. The first-order valence-electron chi connectivity index (χ1n) is 10.1. The van der Waals surface area contributed by atoms with Crippen molar-refractivity contribution in [3.8, 4) is 6.07 Å². The lowest BCUT2D eigenvalue weighted by atomic mass is 10.2. The van der Waals surface area contributed by atoms with Crippen LogP contribution >= 0.6 is 11.6 Å². The molecule has 32 heavy (non-hydrogen) atoms. The third kappa shape index (κ3) is 3.67. The first-order valence-corrected chi connectivity index (χ1v) is 10.5. The largest absolute Gasteiger partial charge is 0.381 e. The molecule has 0 aliphatic carbocycles. The van der Waals surface area contributed by atoms with Crippen LogP contribution in [0.5, 0.6) is 0 Å². The van der Waals surface area contributed by atoms with E-state index >= 15 is 0 Å². The average molecular weight is 452 g/mol. The van der Waals surface area contributed by atoms with Crippen molar-refractivity contribution in [3.63, 3.8) is 0 Å². The van der Waals surface area contributed by atoms with Gasteiger partial charge in [-0.2, -0.15) is 5.26 Å². The highest BCUT2D eigenvalue weighted by Gasteiger charge is 2.22. The van der Waals surface area contributed by atoms with Gasteiger partial charge in [0.15, 0.2) is 17.2 Å². The van der Waals surface area contributed by atoms with Crippen molar-refractivity contribution in [1.82, 2.24) is 29.3 Å². The van der Waals surface area contributed by atoms with Crippen LogP contribution in [0.25, 0.3) is 11.2 Å². The van der Waals surface area contributed by atoms with Gasteiger partial charge in [0.2, 0.25) is 0 Å². The highest BCUT2D eigenvalue weighted by molar-refractivity contribution is 6.34. The topological polar surface area (TPSA) is 130 Å². The van der Waals surface area contributed by atoms with Crippen LogP contribution in [-0.2, 0) is 6.54 Å². The first kappa shape index (κ1) is 21.4. The molecule has 4 aromatic rings. The molecule has 10 nitrogen and oxygen atoms in total. The molecule has 3 N–H and O–H groups in total. The van der Waals surface area contributed by atoms with E-state index in [-0.39, 0.29) is 23.6 Å². The molecule has 0 bridgehead atoms. The second-order valence-corrected chi connectivity index (χ2v) is 7.78. The Kier molecular flexibility index (Phi) is 5.83. The van der Waals surface area contributed by atoms with Gasteiger partial charge in [-0.05, 0) is 18.6 Å². The lowest BCUT2D eigenvalue weighted by Gasteiger charge is -2.24. The summed E-state index contributed by atoms with van der Waals surface area (Å²) >= 11 is 6.50. The van der Waals surface area contributed by atoms with E-state index in [1.54, 1.807) is 35.3 Å². The minimum atomic E-state index is -0.391. The van der Waals surface area contributed by atoms with Gasteiger partial charge in [-0.3, -0.25) is 9.20 Å². The van der Waals surface area contributed by atoms with E-state index in [1.807, 2.05) is 7.05 Å². The number of imidazole rings is 1. The number of nitrogen functional groups attached to an aromatic ring is 1. The highest BCUT2D eigenvalue weighted by Crippen LogP contribution is 2.30. The van der Waals surface area contributed by atoms with E-state index in [0.717, 1.165) is 30.8 Å². The van der Waals surface area contributed by atoms with Crippen molar-refractivity contribution >= 4 is 40.3 Å². The second-order valence-electron chi connectivity index (χ2n) is 7.37. The van der Waals surface area contributed by atoms with E-state index in [1.165, 1.54) is 4.52 Å². The number of pyridine rings is 1. The SMILES string of the molecule is CCCCN(C)c1c(CNC(=O)c2c(N)nn3cccnc23)cc(Cl)c2c(C#N)ncn12. The Morgan fingerprint density at radius 3 is 2.97 bits per heavy atom. The minimum Gasteiger partial charge on any atom is -0.381 e. The zero-order valence-electron chi connectivity index (χ0n) is 17.7. The normalized spacial score (nSPS) is 11.1. The van der Waals surface area contributed by atoms with Gasteiger partial charge < -0.3 is 16.0 Å². The summed E-state index contributed by atoms with van der Waals surface area (Å²) in [6.07, 6.45) is 6.84. The van der Waals surface area contributed by atoms with E-state index in [2.05, 4.69) is 38.3 Å². The summed E-state index contributed by atoms with van der Waals surface area (Å²) in [5.41, 5.74) is 8.13. The van der Waals surface area contributed by atoms with Crippen LogP contribution in [0, 0.1) is 11.3 Å². The molecule has 1 amide bonds. The van der Waals surface area contributed by atoms with Crippen LogP contribution in [0.3, 0.4) is 0 Å². The molecular formula is C21H22ClN9O. The van der Waals surface area contributed by atoms with Gasteiger partial charge in [0, 0.05) is 38.1 Å². The number of fused-ring (bicyclic) bond motifs is 2. The summed E-state index contributed by atoms with van der Waals surface area (Å²) in [4.78, 5) is 23.4. The molecule has 11 heteroatoms. The smallest absolute Gasteiger partial charge is 0.259 e. The Labute approximate surface area is 189 Å². The van der Waals surface area contributed by atoms with Gasteiger partial charge in [0.05, 0.1) is 5.02 Å². The number of hydrogen-bond acceptors (Lipinski definition) is 7. The summed E-state index contributed by atoms with van der Waals surface area (Å²) in [5.74, 6) is 0.513. The zero-order chi connectivity index (χ0) is 22.8. The zero-order valence-corrected chi connectivity index (χ0v) is 18.5. The van der Waals surface area contributed by atoms with Crippen LogP contribution in [0.1, 0.15) is 41.4 Å². The molecule has 0 aliphatic heterocycles. The number of unbranched alkanes of at least 4 members (excludes halogenated alkanes) is 1. The fourth-order valence-electron chi connectivity index (χ4n) is 3.71. The lowest BCUT2D eigenvalue weighted by Crippen LogP contribution is -2.27. The molecule has 0 unspecified atom stereocenters. The van der Waals surface area contributed by atoms with Gasteiger partial charge in [-0.15, -0.1) is 5.10 Å². The Balaban J connectivity index is 1.71. The van der Waals surface area contributed by atoms with Crippen molar-refractivity contribution in [1.29, 1.82) is 5.26 Å². The Bertz CT molecular complexity index is 1350. The van der Waals surface area contributed by atoms with Gasteiger partial charge >= 0.3 is 0 Å². The third-order valence-electron chi connectivity index (χ3n) is 5.21. The van der Waals surface area contributed by atoms with Crippen LogP contribution in [-0.4, -0.2) is 43.5 Å². The Morgan fingerprint density at radius 2 is 2.22 bits per heavy atom. The maximum Gasteiger partial charge on any atom is 0.259 e. The summed E-state index contributed by atoms with van der Waals surface area (Å²) < 4.78 is 3.26. The predicted octanol–water partition coefficient (Wildman–Crippen LogP) is 2.65. The van der Waals surface area contributed by atoms with E-state index in [4.69, 9.17) is 17.3 Å². The number of carbonyl (C=O) groups is 1. The first-order chi connectivity index (χ1) is 15.5. The summed E-state index contributed by atoms with van der Waals surface area (Å²) in [6, 6.07) is 5.54. The predicted molar refractivity (Wildman–Crippen MR) is 122 cm³/mol. The van der Waals surface area contributed by atoms with Crippen molar-refractivity contribution in [2.24, 2.45) is 0 Å². The van der Waals surface area contributed by atoms with Crippen LogP contribution in [0.15, 0.2) is 30.9 Å². The Hall–Kier alpha value is -3.84. The van der Waals surface area contributed by atoms with E-state index in [0.29, 0.717) is 16.2 Å². The summed E-state index contributed by atoms with van der Waals surface area (Å²) in [6.45, 7) is 3.09. The van der Waals surface area contributed by atoms with Crippen LogP contribution in [0.2, 0.25) is 5.02 Å². The number of halogens is 1. The van der Waals surface area contributed by atoms with Crippen molar-refractivity contribution in [2.45, 2.75) is 26.3 Å². The number of aromatic nitrogens is 5. The molecular weight excluding hydrogens is 430 g/mol. The van der Waals surface area contributed by atoms with Gasteiger partial charge in [0.25, 0.3) is 5.91 Å². The number of amides is 1. The number of nitriles is 1. The standard InChI is InChI=1S/C21H22ClN9O/c1-3-4-7-29(2)21-13(9-14(22)17-15(10-23)27-12-30(17)21)11-26-20(32)16-18(24)28-31-8-5-6-25-19(16)31/h5-6,8-9,12H,3-4,7,11H2,1-2H3,(H2,24,28)(H,26,32). The average Bonchev–Trinajstić information content (AvgIpc) is 3.36. The quantitative estimate of drug-likeness (QED) is 0.441. The molecule has 0 atom stereocenters. The summed E-state index contributed by atoms with van der Waals surface area (Å²) in [7, 11) is 1.96. The lowest BCUT2D eigenvalue weighted by molar-refractivity contribution is 0.0953.